The lowest BCUT2D eigenvalue weighted by Gasteiger charge is -2.28. The topological polar surface area (TPSA) is 15.3 Å². The Kier molecular flexibility index (Phi) is 6.31. The molecule has 0 aliphatic carbocycles. The molecule has 0 radical (unpaired) electrons. The van der Waals surface area contributed by atoms with Gasteiger partial charge in [-0.15, -0.1) is 0 Å². The van der Waals surface area contributed by atoms with Gasteiger partial charge < -0.3 is 10.2 Å². The summed E-state index contributed by atoms with van der Waals surface area (Å²) in [6.07, 6.45) is 1.09. The van der Waals surface area contributed by atoms with Crippen molar-refractivity contribution in [2.45, 2.75) is 33.2 Å². The third-order valence-electron chi connectivity index (χ3n) is 3.14. The van der Waals surface area contributed by atoms with Gasteiger partial charge in [0.25, 0.3) is 0 Å². The van der Waals surface area contributed by atoms with Gasteiger partial charge in [-0.25, -0.2) is 0 Å². The monoisotopic (exact) mass is 282 g/mol. The lowest BCUT2D eigenvalue weighted by molar-refractivity contribution is 0.218. The molecule has 3 heteroatoms. The lowest BCUT2D eigenvalue weighted by Crippen LogP contribution is -2.32. The molecule has 1 aromatic rings. The quantitative estimate of drug-likeness (QED) is 0.849. The zero-order chi connectivity index (χ0) is 14.5. The fraction of sp³-hybridized carbons (Fsp3) is 0.625. The van der Waals surface area contributed by atoms with Crippen molar-refractivity contribution in [2.24, 2.45) is 5.41 Å². The zero-order valence-corrected chi connectivity index (χ0v) is 13.6. The van der Waals surface area contributed by atoms with Crippen molar-refractivity contribution >= 4 is 11.6 Å². The minimum absolute atomic E-state index is 0.347. The van der Waals surface area contributed by atoms with Gasteiger partial charge in [0, 0.05) is 17.6 Å². The Labute approximate surface area is 123 Å². The first-order valence-electron chi connectivity index (χ1n) is 6.93. The largest absolute Gasteiger partial charge is 0.313 e. The highest BCUT2D eigenvalue weighted by Gasteiger charge is 2.15. The van der Waals surface area contributed by atoms with Crippen LogP contribution in [0.4, 0.5) is 0 Å². The third-order valence-corrected chi connectivity index (χ3v) is 3.38. The standard InChI is InChI=1S/C16H27ClN2/c1-16(2,3)12-19(5)10-9-15(18-4)13-7-6-8-14(17)11-13/h6-8,11,15,18H,9-10,12H2,1-5H3. The summed E-state index contributed by atoms with van der Waals surface area (Å²) in [4.78, 5) is 2.40. The Morgan fingerprint density at radius 2 is 2.00 bits per heavy atom. The second-order valence-corrected chi connectivity index (χ2v) is 6.92. The van der Waals surface area contributed by atoms with Crippen molar-refractivity contribution in [3.8, 4) is 0 Å². The van der Waals surface area contributed by atoms with Crippen LogP contribution >= 0.6 is 11.6 Å². The Morgan fingerprint density at radius 3 is 2.53 bits per heavy atom. The molecule has 0 bridgehead atoms. The van der Waals surface area contributed by atoms with Gasteiger partial charge in [-0.2, -0.15) is 0 Å². The van der Waals surface area contributed by atoms with E-state index < -0.39 is 0 Å². The van der Waals surface area contributed by atoms with Gasteiger partial charge >= 0.3 is 0 Å². The zero-order valence-electron chi connectivity index (χ0n) is 12.8. The van der Waals surface area contributed by atoms with Gasteiger partial charge in [0.05, 0.1) is 0 Å². The van der Waals surface area contributed by atoms with Gasteiger partial charge in [0.1, 0.15) is 0 Å². The number of nitrogens with zero attached hydrogens (tertiary/aromatic N) is 1. The molecule has 0 aromatic heterocycles. The average Bonchev–Trinajstić information content (AvgIpc) is 2.27. The van der Waals surface area contributed by atoms with E-state index in [1.54, 1.807) is 0 Å². The summed E-state index contributed by atoms with van der Waals surface area (Å²) in [7, 11) is 4.20. The van der Waals surface area contributed by atoms with E-state index in [2.05, 4.69) is 44.1 Å². The Morgan fingerprint density at radius 1 is 1.32 bits per heavy atom. The molecule has 0 heterocycles. The minimum Gasteiger partial charge on any atom is -0.313 e. The van der Waals surface area contributed by atoms with Gasteiger partial charge in [0.15, 0.2) is 0 Å². The molecule has 1 rings (SSSR count). The molecular weight excluding hydrogens is 256 g/mol. The van der Waals surface area contributed by atoms with Crippen LogP contribution in [-0.2, 0) is 0 Å². The molecule has 0 aliphatic rings. The van der Waals surface area contributed by atoms with Crippen LogP contribution in [0.15, 0.2) is 24.3 Å². The highest BCUT2D eigenvalue weighted by atomic mass is 35.5. The Bertz CT molecular complexity index is 385. The lowest BCUT2D eigenvalue weighted by atomic mass is 9.96. The molecule has 19 heavy (non-hydrogen) atoms. The van der Waals surface area contributed by atoms with E-state index in [4.69, 9.17) is 11.6 Å². The first kappa shape index (κ1) is 16.5. The molecule has 0 spiro atoms. The third kappa shape index (κ3) is 6.42. The highest BCUT2D eigenvalue weighted by Crippen LogP contribution is 2.21. The molecule has 0 saturated carbocycles. The molecule has 1 aromatic carbocycles. The van der Waals surface area contributed by atoms with Crippen LogP contribution in [0.5, 0.6) is 0 Å². The number of nitrogens with one attached hydrogen (secondary N) is 1. The Hall–Kier alpha value is -0.570. The van der Waals surface area contributed by atoms with Gasteiger partial charge in [-0.3, -0.25) is 0 Å². The molecule has 0 saturated heterocycles. The fourth-order valence-corrected chi connectivity index (χ4v) is 2.64. The number of rotatable bonds is 6. The average molecular weight is 283 g/mol. The normalized spacial score (nSPS) is 13.8. The molecule has 1 unspecified atom stereocenters. The molecule has 1 N–H and O–H groups in total. The first-order valence-corrected chi connectivity index (χ1v) is 7.31. The first-order chi connectivity index (χ1) is 8.81. The van der Waals surface area contributed by atoms with Crippen molar-refractivity contribution in [3.63, 3.8) is 0 Å². The van der Waals surface area contributed by atoms with Crippen molar-refractivity contribution in [3.05, 3.63) is 34.9 Å². The smallest absolute Gasteiger partial charge is 0.0409 e. The predicted molar refractivity (Wildman–Crippen MR) is 84.8 cm³/mol. The van der Waals surface area contributed by atoms with E-state index in [0.29, 0.717) is 11.5 Å². The molecule has 0 aliphatic heterocycles. The van der Waals surface area contributed by atoms with Crippen LogP contribution in [0.25, 0.3) is 0 Å². The molecule has 2 nitrogen and oxygen atoms in total. The second kappa shape index (κ2) is 7.28. The molecule has 0 amide bonds. The van der Waals surface area contributed by atoms with Gasteiger partial charge in [-0.1, -0.05) is 44.5 Å². The van der Waals surface area contributed by atoms with E-state index >= 15 is 0 Å². The fourth-order valence-electron chi connectivity index (χ4n) is 2.44. The molecule has 0 fully saturated rings. The number of hydrogen-bond acceptors (Lipinski definition) is 2. The summed E-state index contributed by atoms with van der Waals surface area (Å²) in [6, 6.07) is 8.48. The summed E-state index contributed by atoms with van der Waals surface area (Å²) in [5, 5.41) is 4.18. The SMILES string of the molecule is CNC(CCN(C)CC(C)(C)C)c1cccc(Cl)c1. The van der Waals surface area contributed by atoms with Crippen LogP contribution in [-0.4, -0.2) is 32.1 Å². The van der Waals surface area contributed by atoms with Crippen molar-refractivity contribution in [1.82, 2.24) is 10.2 Å². The van der Waals surface area contributed by atoms with Crippen LogP contribution in [0.2, 0.25) is 5.02 Å². The maximum atomic E-state index is 6.06. The van der Waals surface area contributed by atoms with Crippen molar-refractivity contribution in [1.29, 1.82) is 0 Å². The predicted octanol–water partition coefficient (Wildman–Crippen LogP) is 3.97. The van der Waals surface area contributed by atoms with Crippen molar-refractivity contribution < 1.29 is 0 Å². The number of hydrogen-bond donors (Lipinski definition) is 1. The number of benzene rings is 1. The maximum absolute atomic E-state index is 6.06. The Balaban J connectivity index is 2.54. The summed E-state index contributed by atoms with van der Waals surface area (Å²) in [5.41, 5.74) is 1.61. The summed E-state index contributed by atoms with van der Waals surface area (Å²) >= 11 is 6.06. The minimum atomic E-state index is 0.347. The van der Waals surface area contributed by atoms with Gasteiger partial charge in [-0.05, 0) is 50.2 Å². The maximum Gasteiger partial charge on any atom is 0.0409 e. The second-order valence-electron chi connectivity index (χ2n) is 6.48. The highest BCUT2D eigenvalue weighted by molar-refractivity contribution is 6.30. The summed E-state index contributed by atoms with van der Waals surface area (Å²) in [5.74, 6) is 0. The molecule has 108 valence electrons. The van der Waals surface area contributed by atoms with E-state index in [9.17, 15) is 0 Å². The van der Waals surface area contributed by atoms with Crippen LogP contribution in [0.3, 0.4) is 0 Å². The molecular formula is C16H27ClN2. The van der Waals surface area contributed by atoms with Crippen LogP contribution in [0, 0.1) is 5.41 Å². The van der Waals surface area contributed by atoms with E-state index in [1.807, 2.05) is 25.2 Å². The van der Waals surface area contributed by atoms with Crippen molar-refractivity contribution in [2.75, 3.05) is 27.2 Å². The van der Waals surface area contributed by atoms with E-state index in [0.717, 1.165) is 24.5 Å². The molecule has 1 atom stereocenters. The van der Waals surface area contributed by atoms with E-state index in [-0.39, 0.29) is 0 Å². The van der Waals surface area contributed by atoms with Crippen LogP contribution < -0.4 is 5.32 Å². The van der Waals surface area contributed by atoms with Crippen LogP contribution in [0.1, 0.15) is 38.8 Å². The summed E-state index contributed by atoms with van der Waals surface area (Å²) < 4.78 is 0. The number of halogens is 1. The van der Waals surface area contributed by atoms with Gasteiger partial charge in [0.2, 0.25) is 0 Å². The summed E-state index contributed by atoms with van der Waals surface area (Å²) in [6.45, 7) is 9.01. The van der Waals surface area contributed by atoms with E-state index in [1.165, 1.54) is 5.56 Å².